The molecule has 5 heteroatoms. The van der Waals surface area contributed by atoms with E-state index < -0.39 is 5.97 Å². The van der Waals surface area contributed by atoms with E-state index in [9.17, 15) is 15.0 Å². The minimum atomic E-state index is -0.936. The molecular formula is C11H15NO4. The van der Waals surface area contributed by atoms with Gasteiger partial charge in [0, 0.05) is 11.6 Å². The molecule has 1 aromatic carbocycles. The number of likely N-dealkylation sites (N-methyl/N-ethyl adjacent to an activating group) is 1. The van der Waals surface area contributed by atoms with Crippen molar-refractivity contribution in [2.45, 2.75) is 13.0 Å². The average molecular weight is 225 g/mol. The van der Waals surface area contributed by atoms with Crippen LogP contribution in [-0.2, 0) is 4.79 Å². The Hall–Kier alpha value is -1.75. The molecule has 0 spiro atoms. The molecule has 0 radical (unpaired) electrons. The monoisotopic (exact) mass is 225 g/mol. The maximum atomic E-state index is 10.5. The van der Waals surface area contributed by atoms with Crippen LogP contribution < -0.4 is 0 Å². The van der Waals surface area contributed by atoms with Gasteiger partial charge in [0.15, 0.2) is 0 Å². The first-order valence-corrected chi connectivity index (χ1v) is 4.85. The molecule has 0 aromatic heterocycles. The van der Waals surface area contributed by atoms with Gasteiger partial charge in [-0.25, -0.2) is 0 Å². The first-order chi connectivity index (χ1) is 7.41. The molecule has 0 saturated heterocycles. The number of hydrogen-bond acceptors (Lipinski definition) is 4. The summed E-state index contributed by atoms with van der Waals surface area (Å²) >= 11 is 0. The number of carbonyl (C=O) groups is 1. The van der Waals surface area contributed by atoms with Crippen LogP contribution in [0.1, 0.15) is 18.5 Å². The zero-order valence-corrected chi connectivity index (χ0v) is 9.21. The lowest BCUT2D eigenvalue weighted by Crippen LogP contribution is -2.28. The maximum Gasteiger partial charge on any atom is 0.317 e. The number of aliphatic carboxylic acids is 1. The molecule has 1 unspecified atom stereocenters. The third-order valence-electron chi connectivity index (χ3n) is 2.51. The van der Waals surface area contributed by atoms with E-state index in [-0.39, 0.29) is 24.1 Å². The smallest absolute Gasteiger partial charge is 0.317 e. The number of hydrogen-bond donors (Lipinski definition) is 3. The highest BCUT2D eigenvalue weighted by Crippen LogP contribution is 2.30. The van der Waals surface area contributed by atoms with E-state index in [0.717, 1.165) is 0 Å². The molecule has 0 heterocycles. The minimum Gasteiger partial charge on any atom is -0.508 e. The van der Waals surface area contributed by atoms with Gasteiger partial charge in [0.1, 0.15) is 11.5 Å². The molecule has 0 aliphatic carbocycles. The van der Waals surface area contributed by atoms with E-state index >= 15 is 0 Å². The van der Waals surface area contributed by atoms with Crippen molar-refractivity contribution in [3.8, 4) is 11.5 Å². The summed E-state index contributed by atoms with van der Waals surface area (Å²) < 4.78 is 0. The summed E-state index contributed by atoms with van der Waals surface area (Å²) in [6.45, 7) is 1.63. The fourth-order valence-electron chi connectivity index (χ4n) is 1.46. The predicted octanol–water partition coefficient (Wildman–Crippen LogP) is 1.18. The van der Waals surface area contributed by atoms with Gasteiger partial charge < -0.3 is 15.3 Å². The molecule has 16 heavy (non-hydrogen) atoms. The second-order valence-corrected chi connectivity index (χ2v) is 3.73. The maximum absolute atomic E-state index is 10.5. The second-order valence-electron chi connectivity index (χ2n) is 3.73. The number of benzene rings is 1. The third-order valence-corrected chi connectivity index (χ3v) is 2.51. The highest BCUT2D eigenvalue weighted by atomic mass is 16.4. The molecule has 88 valence electrons. The largest absolute Gasteiger partial charge is 0.508 e. The van der Waals surface area contributed by atoms with Crippen LogP contribution in [0.4, 0.5) is 0 Å². The Bertz CT molecular complexity index is 392. The Morgan fingerprint density at radius 1 is 1.44 bits per heavy atom. The van der Waals surface area contributed by atoms with Gasteiger partial charge in [-0.1, -0.05) is 0 Å². The van der Waals surface area contributed by atoms with Crippen LogP contribution in [0.25, 0.3) is 0 Å². The molecule has 3 N–H and O–H groups in total. The lowest BCUT2D eigenvalue weighted by Gasteiger charge is -2.23. The lowest BCUT2D eigenvalue weighted by atomic mass is 10.1. The van der Waals surface area contributed by atoms with Crippen LogP contribution >= 0.6 is 0 Å². The van der Waals surface area contributed by atoms with Crippen LogP contribution in [0.5, 0.6) is 11.5 Å². The summed E-state index contributed by atoms with van der Waals surface area (Å²) in [5.41, 5.74) is 0.503. The predicted molar refractivity (Wildman–Crippen MR) is 58.5 cm³/mol. The SMILES string of the molecule is CC(c1cc(O)ccc1O)N(C)CC(=O)O. The molecule has 0 bridgehead atoms. The summed E-state index contributed by atoms with van der Waals surface area (Å²) in [6.07, 6.45) is 0. The molecule has 5 nitrogen and oxygen atoms in total. The number of carboxylic acid groups (broad SMARTS) is 1. The van der Waals surface area contributed by atoms with Crippen molar-refractivity contribution in [3.05, 3.63) is 23.8 Å². The summed E-state index contributed by atoms with van der Waals surface area (Å²) in [7, 11) is 1.64. The van der Waals surface area contributed by atoms with Crippen molar-refractivity contribution in [2.75, 3.05) is 13.6 Å². The first kappa shape index (κ1) is 12.3. The van der Waals surface area contributed by atoms with Gasteiger partial charge in [-0.2, -0.15) is 0 Å². The minimum absolute atomic E-state index is 0.0440. The van der Waals surface area contributed by atoms with Crippen LogP contribution in [-0.4, -0.2) is 39.8 Å². The van der Waals surface area contributed by atoms with Gasteiger partial charge in [0.05, 0.1) is 6.54 Å². The van der Waals surface area contributed by atoms with Crippen molar-refractivity contribution in [3.63, 3.8) is 0 Å². The van der Waals surface area contributed by atoms with E-state index in [1.807, 2.05) is 0 Å². The molecule has 0 amide bonds. The van der Waals surface area contributed by atoms with Gasteiger partial charge >= 0.3 is 5.97 Å². The van der Waals surface area contributed by atoms with Crippen LogP contribution in [0.15, 0.2) is 18.2 Å². The van der Waals surface area contributed by atoms with E-state index in [4.69, 9.17) is 5.11 Å². The highest BCUT2D eigenvalue weighted by Gasteiger charge is 2.17. The standard InChI is InChI=1S/C11H15NO4/c1-7(12(2)6-11(15)16)9-5-8(13)3-4-10(9)14/h3-5,7,13-14H,6H2,1-2H3,(H,15,16). The zero-order valence-electron chi connectivity index (χ0n) is 9.21. The van der Waals surface area contributed by atoms with Crippen molar-refractivity contribution < 1.29 is 20.1 Å². The molecule has 0 aliphatic rings. The van der Waals surface area contributed by atoms with E-state index in [1.54, 1.807) is 18.9 Å². The fourth-order valence-corrected chi connectivity index (χ4v) is 1.46. The highest BCUT2D eigenvalue weighted by molar-refractivity contribution is 5.69. The van der Waals surface area contributed by atoms with Gasteiger partial charge in [0.25, 0.3) is 0 Å². The van der Waals surface area contributed by atoms with Gasteiger partial charge in [-0.15, -0.1) is 0 Å². The number of aromatic hydroxyl groups is 2. The molecule has 1 rings (SSSR count). The second kappa shape index (κ2) is 4.85. The number of nitrogens with zero attached hydrogens (tertiary/aromatic N) is 1. The number of phenols is 2. The molecule has 0 aliphatic heterocycles. The van der Waals surface area contributed by atoms with Gasteiger partial charge in [-0.3, -0.25) is 9.69 Å². The van der Waals surface area contributed by atoms with Crippen LogP contribution in [0.2, 0.25) is 0 Å². The third kappa shape index (κ3) is 2.87. The Kier molecular flexibility index (Phi) is 3.73. The normalized spacial score (nSPS) is 12.7. The van der Waals surface area contributed by atoms with Gasteiger partial charge in [-0.05, 0) is 32.2 Å². The Morgan fingerprint density at radius 2 is 2.06 bits per heavy atom. The van der Waals surface area contributed by atoms with Crippen molar-refractivity contribution >= 4 is 5.97 Å². The molecule has 1 aromatic rings. The van der Waals surface area contributed by atoms with Crippen LogP contribution in [0.3, 0.4) is 0 Å². The van der Waals surface area contributed by atoms with Crippen molar-refractivity contribution in [2.24, 2.45) is 0 Å². The first-order valence-electron chi connectivity index (χ1n) is 4.85. The Morgan fingerprint density at radius 3 is 2.62 bits per heavy atom. The quantitative estimate of drug-likeness (QED) is 0.670. The van der Waals surface area contributed by atoms with Crippen molar-refractivity contribution in [1.82, 2.24) is 4.90 Å². The van der Waals surface area contributed by atoms with E-state index in [0.29, 0.717) is 5.56 Å². The molecular weight excluding hydrogens is 210 g/mol. The Balaban J connectivity index is 2.90. The summed E-state index contributed by atoms with van der Waals surface area (Å²) in [5.74, 6) is -0.847. The molecule has 0 saturated carbocycles. The molecule has 0 fully saturated rings. The average Bonchev–Trinajstić information content (AvgIpc) is 2.19. The summed E-state index contributed by atoms with van der Waals surface area (Å²) in [5, 5.41) is 27.6. The van der Waals surface area contributed by atoms with Gasteiger partial charge in [0.2, 0.25) is 0 Å². The lowest BCUT2D eigenvalue weighted by molar-refractivity contribution is -0.138. The topological polar surface area (TPSA) is 81.0 Å². The summed E-state index contributed by atoms with van der Waals surface area (Å²) in [6, 6.07) is 3.90. The number of carboxylic acids is 1. The fraction of sp³-hybridized carbons (Fsp3) is 0.364. The zero-order chi connectivity index (χ0) is 12.3. The van der Waals surface area contributed by atoms with E-state index in [1.165, 1.54) is 18.2 Å². The van der Waals surface area contributed by atoms with E-state index in [2.05, 4.69) is 0 Å². The summed E-state index contributed by atoms with van der Waals surface area (Å²) in [4.78, 5) is 12.1. The van der Waals surface area contributed by atoms with Crippen molar-refractivity contribution in [1.29, 1.82) is 0 Å². The number of phenolic OH excluding ortho intramolecular Hbond substituents is 2. The number of rotatable bonds is 4. The van der Waals surface area contributed by atoms with Crippen LogP contribution in [0, 0.1) is 0 Å². The molecule has 1 atom stereocenters. The Labute approximate surface area is 93.6 Å².